The normalized spacial score (nSPS) is 13.7. The van der Waals surface area contributed by atoms with Crippen molar-refractivity contribution in [2.45, 2.75) is 19.9 Å². The average Bonchev–Trinajstić information content (AvgIpc) is 2.79. The summed E-state index contributed by atoms with van der Waals surface area (Å²) in [7, 11) is 0. The second kappa shape index (κ2) is 9.68. The fourth-order valence-corrected chi connectivity index (χ4v) is 3.72. The Morgan fingerprint density at radius 3 is 2.48 bits per heavy atom. The van der Waals surface area contributed by atoms with Crippen LogP contribution in [0.3, 0.4) is 0 Å². The van der Waals surface area contributed by atoms with Crippen LogP contribution in [0.15, 0.2) is 66.7 Å². The predicted octanol–water partition coefficient (Wildman–Crippen LogP) is 5.75. The number of anilines is 3. The van der Waals surface area contributed by atoms with Gasteiger partial charge in [-0.15, -0.1) is 0 Å². The summed E-state index contributed by atoms with van der Waals surface area (Å²) in [5.41, 5.74) is 3.03. The summed E-state index contributed by atoms with van der Waals surface area (Å²) >= 11 is 0. The topological polar surface area (TPSA) is 64.7 Å². The lowest BCUT2D eigenvalue weighted by molar-refractivity contribution is 0.191. The van der Waals surface area contributed by atoms with E-state index in [2.05, 4.69) is 10.6 Å². The Morgan fingerprint density at radius 1 is 0.939 bits per heavy atom. The summed E-state index contributed by atoms with van der Waals surface area (Å²) in [6.07, 6.45) is 0.675. The van der Waals surface area contributed by atoms with Crippen molar-refractivity contribution in [3.63, 3.8) is 0 Å². The number of carbonyl (C=O) groups excluding carboxylic acids is 2. The molecular weight excluding hydrogens is 426 g/mol. The molecular formula is C25H24F2N4O2. The van der Waals surface area contributed by atoms with E-state index in [9.17, 15) is 18.4 Å². The molecule has 2 N–H and O–H groups in total. The summed E-state index contributed by atoms with van der Waals surface area (Å²) in [5, 5.41) is 5.54. The molecule has 1 fully saturated rings. The quantitative estimate of drug-likeness (QED) is 0.520. The Labute approximate surface area is 190 Å². The zero-order chi connectivity index (χ0) is 23.4. The van der Waals surface area contributed by atoms with Crippen LogP contribution in [-0.4, -0.2) is 30.1 Å². The van der Waals surface area contributed by atoms with Crippen molar-refractivity contribution in [3.05, 3.63) is 89.5 Å². The molecule has 3 aromatic carbocycles. The van der Waals surface area contributed by atoms with E-state index in [0.717, 1.165) is 23.8 Å². The summed E-state index contributed by atoms with van der Waals surface area (Å²) in [5.74, 6) is -1.09. The Hall–Kier alpha value is -3.94. The number of carbonyl (C=O) groups is 2. The van der Waals surface area contributed by atoms with Crippen molar-refractivity contribution in [3.8, 4) is 0 Å². The molecule has 3 aromatic rings. The van der Waals surface area contributed by atoms with E-state index in [-0.39, 0.29) is 18.1 Å². The number of aryl methyl sites for hydroxylation is 1. The van der Waals surface area contributed by atoms with Crippen LogP contribution in [0.2, 0.25) is 0 Å². The first-order chi connectivity index (χ1) is 15.9. The molecule has 0 aliphatic carbocycles. The minimum absolute atomic E-state index is 0.0180. The van der Waals surface area contributed by atoms with E-state index >= 15 is 0 Å². The predicted molar refractivity (Wildman–Crippen MR) is 124 cm³/mol. The summed E-state index contributed by atoms with van der Waals surface area (Å²) in [4.78, 5) is 28.5. The molecule has 1 aliphatic rings. The van der Waals surface area contributed by atoms with E-state index in [4.69, 9.17) is 0 Å². The van der Waals surface area contributed by atoms with Gasteiger partial charge >= 0.3 is 12.1 Å². The average molecular weight is 450 g/mol. The van der Waals surface area contributed by atoms with Crippen LogP contribution in [0.1, 0.15) is 17.5 Å². The number of benzene rings is 3. The fraction of sp³-hybridized carbons (Fsp3) is 0.200. The Balaban J connectivity index is 1.44. The van der Waals surface area contributed by atoms with Crippen molar-refractivity contribution in [1.29, 1.82) is 0 Å². The molecule has 0 bridgehead atoms. The van der Waals surface area contributed by atoms with Gasteiger partial charge in [-0.2, -0.15) is 0 Å². The van der Waals surface area contributed by atoms with E-state index < -0.39 is 17.7 Å². The minimum atomic E-state index is -0.549. The fourth-order valence-electron chi connectivity index (χ4n) is 3.72. The number of rotatable bonds is 5. The van der Waals surface area contributed by atoms with Gasteiger partial charge in [-0.25, -0.2) is 18.4 Å². The lowest BCUT2D eigenvalue weighted by Gasteiger charge is -2.36. The van der Waals surface area contributed by atoms with Crippen LogP contribution in [0.5, 0.6) is 0 Å². The van der Waals surface area contributed by atoms with Crippen molar-refractivity contribution in [2.75, 3.05) is 28.6 Å². The molecule has 4 amide bonds. The maximum Gasteiger partial charge on any atom is 0.324 e. The van der Waals surface area contributed by atoms with E-state index in [1.807, 2.05) is 31.2 Å². The first kappa shape index (κ1) is 22.3. The zero-order valence-corrected chi connectivity index (χ0v) is 18.1. The Morgan fingerprint density at radius 2 is 1.70 bits per heavy atom. The highest BCUT2D eigenvalue weighted by Crippen LogP contribution is 2.25. The van der Waals surface area contributed by atoms with Gasteiger partial charge in [-0.1, -0.05) is 23.8 Å². The molecule has 4 rings (SSSR count). The monoisotopic (exact) mass is 450 g/mol. The molecule has 1 aliphatic heterocycles. The van der Waals surface area contributed by atoms with E-state index in [1.165, 1.54) is 4.90 Å². The number of halogens is 2. The number of nitrogens with zero attached hydrogens (tertiary/aromatic N) is 2. The first-order valence-electron chi connectivity index (χ1n) is 10.6. The highest BCUT2D eigenvalue weighted by atomic mass is 19.1. The van der Waals surface area contributed by atoms with Crippen LogP contribution >= 0.6 is 0 Å². The molecule has 33 heavy (non-hydrogen) atoms. The summed E-state index contributed by atoms with van der Waals surface area (Å²) < 4.78 is 27.6. The highest BCUT2D eigenvalue weighted by molar-refractivity contribution is 6.00. The molecule has 8 heteroatoms. The molecule has 1 heterocycles. The van der Waals surface area contributed by atoms with Gasteiger partial charge in [0.1, 0.15) is 11.6 Å². The van der Waals surface area contributed by atoms with Crippen LogP contribution in [-0.2, 0) is 6.54 Å². The summed E-state index contributed by atoms with van der Waals surface area (Å²) in [6.45, 7) is 2.88. The lowest BCUT2D eigenvalue weighted by Crippen LogP contribution is -2.49. The minimum Gasteiger partial charge on any atom is -0.320 e. The van der Waals surface area contributed by atoms with Crippen LogP contribution in [0.25, 0.3) is 0 Å². The van der Waals surface area contributed by atoms with Crippen molar-refractivity contribution in [2.24, 2.45) is 0 Å². The molecule has 170 valence electrons. The molecule has 0 aromatic heterocycles. The van der Waals surface area contributed by atoms with Crippen molar-refractivity contribution < 1.29 is 18.4 Å². The Bertz CT molecular complexity index is 1170. The van der Waals surface area contributed by atoms with E-state index in [1.54, 1.807) is 29.2 Å². The molecule has 0 unspecified atom stereocenters. The van der Waals surface area contributed by atoms with Gasteiger partial charge in [-0.3, -0.25) is 4.90 Å². The third kappa shape index (κ3) is 5.46. The molecule has 0 atom stereocenters. The molecule has 0 saturated carbocycles. The number of hydrogen-bond acceptors (Lipinski definition) is 2. The number of urea groups is 2. The molecule has 1 saturated heterocycles. The van der Waals surface area contributed by atoms with Gasteiger partial charge in [0.15, 0.2) is 0 Å². The van der Waals surface area contributed by atoms with Gasteiger partial charge in [0.05, 0.1) is 6.54 Å². The second-order valence-corrected chi connectivity index (χ2v) is 7.94. The molecule has 0 spiro atoms. The molecule has 0 radical (unpaired) electrons. The van der Waals surface area contributed by atoms with Gasteiger partial charge in [0, 0.05) is 35.7 Å². The van der Waals surface area contributed by atoms with Crippen molar-refractivity contribution in [1.82, 2.24) is 4.90 Å². The highest BCUT2D eigenvalue weighted by Gasteiger charge is 2.27. The van der Waals surface area contributed by atoms with Gasteiger partial charge in [-0.05, 0) is 61.9 Å². The van der Waals surface area contributed by atoms with Crippen LogP contribution < -0.4 is 15.5 Å². The number of amides is 4. The molecule has 6 nitrogen and oxygen atoms in total. The standard InChI is InChI=1S/C25H24F2N4O2/c1-17-6-9-20(10-7-17)28-24(32)29-21-4-2-5-22(15-21)31-13-3-12-30(25(31)33)16-18-14-19(26)8-11-23(18)27/h2,4-11,14-15H,3,12-13,16H2,1H3,(H2,28,29,32). The Kier molecular flexibility index (Phi) is 6.53. The first-order valence-corrected chi connectivity index (χ1v) is 10.6. The smallest absolute Gasteiger partial charge is 0.320 e. The largest absolute Gasteiger partial charge is 0.324 e. The number of hydrogen-bond donors (Lipinski definition) is 2. The van der Waals surface area contributed by atoms with E-state index in [0.29, 0.717) is 36.6 Å². The summed E-state index contributed by atoms with van der Waals surface area (Å²) in [6, 6.07) is 16.9. The van der Waals surface area contributed by atoms with Crippen LogP contribution in [0, 0.1) is 18.6 Å². The van der Waals surface area contributed by atoms with Gasteiger partial charge in [0.25, 0.3) is 0 Å². The SMILES string of the molecule is Cc1ccc(NC(=O)Nc2cccc(N3CCCN(Cc4cc(F)ccc4F)C3=O)c2)cc1. The zero-order valence-electron chi connectivity index (χ0n) is 18.1. The lowest BCUT2D eigenvalue weighted by atomic mass is 10.1. The van der Waals surface area contributed by atoms with Crippen molar-refractivity contribution >= 4 is 29.1 Å². The number of nitrogens with one attached hydrogen (secondary N) is 2. The van der Waals surface area contributed by atoms with Crippen LogP contribution in [0.4, 0.5) is 35.4 Å². The maximum atomic E-state index is 14.1. The maximum absolute atomic E-state index is 14.1. The van der Waals surface area contributed by atoms with Gasteiger partial charge in [0.2, 0.25) is 0 Å². The second-order valence-electron chi connectivity index (χ2n) is 7.94. The van der Waals surface area contributed by atoms with Gasteiger partial charge < -0.3 is 15.5 Å². The third-order valence-electron chi connectivity index (χ3n) is 5.41. The third-order valence-corrected chi connectivity index (χ3v) is 5.41.